The predicted octanol–water partition coefficient (Wildman–Crippen LogP) is 2.66. The molecule has 1 aliphatic rings. The van der Waals surface area contributed by atoms with Crippen LogP contribution in [0.2, 0.25) is 0 Å². The lowest BCUT2D eigenvalue weighted by atomic mass is 10.1. The van der Waals surface area contributed by atoms with Crippen molar-refractivity contribution in [1.29, 1.82) is 0 Å². The molecule has 3 rings (SSSR count). The van der Waals surface area contributed by atoms with E-state index in [1.165, 1.54) is 25.6 Å². The number of hydrogen-bond acceptors (Lipinski definition) is 5. The molecular weight excluding hydrogens is 304 g/mol. The molecule has 2 heterocycles. The Morgan fingerprint density at radius 3 is 2.62 bits per heavy atom. The average molecular weight is 326 g/mol. The van der Waals surface area contributed by atoms with Crippen molar-refractivity contribution in [2.24, 2.45) is 0 Å². The third-order valence-electron chi connectivity index (χ3n) is 4.12. The highest BCUT2D eigenvalue weighted by Gasteiger charge is 2.13. The zero-order valence-electron chi connectivity index (χ0n) is 13.9. The van der Waals surface area contributed by atoms with Gasteiger partial charge in [0, 0.05) is 19.2 Å². The largest absolute Gasteiger partial charge is 0.497 e. The summed E-state index contributed by atoms with van der Waals surface area (Å²) in [5, 5.41) is 2.85. The van der Waals surface area contributed by atoms with Gasteiger partial charge in [0.25, 0.3) is 0 Å². The Morgan fingerprint density at radius 2 is 1.92 bits per heavy atom. The number of piperidine rings is 1. The first-order valence-electron chi connectivity index (χ1n) is 8.24. The summed E-state index contributed by atoms with van der Waals surface area (Å²) < 4.78 is 5.12. The van der Waals surface area contributed by atoms with Crippen molar-refractivity contribution in [3.05, 3.63) is 42.2 Å². The number of amides is 1. The highest BCUT2D eigenvalue weighted by Crippen LogP contribution is 2.19. The molecule has 0 aliphatic carbocycles. The summed E-state index contributed by atoms with van der Waals surface area (Å²) in [6.07, 6.45) is 5.44. The maximum absolute atomic E-state index is 12.2. The Kier molecular flexibility index (Phi) is 5.25. The Morgan fingerprint density at radius 1 is 1.17 bits per heavy atom. The summed E-state index contributed by atoms with van der Waals surface area (Å²) in [5.41, 5.74) is 0.929. The minimum Gasteiger partial charge on any atom is -0.497 e. The van der Waals surface area contributed by atoms with Crippen LogP contribution in [0.3, 0.4) is 0 Å². The lowest BCUT2D eigenvalue weighted by Crippen LogP contribution is -2.30. The van der Waals surface area contributed by atoms with Crippen LogP contribution in [0.4, 0.5) is 11.6 Å². The Balaban J connectivity index is 1.61. The molecule has 1 aromatic carbocycles. The van der Waals surface area contributed by atoms with Gasteiger partial charge in [-0.2, -0.15) is 0 Å². The number of aromatic nitrogens is 2. The van der Waals surface area contributed by atoms with Crippen LogP contribution in [-0.2, 0) is 11.2 Å². The summed E-state index contributed by atoms with van der Waals surface area (Å²) in [6.45, 7) is 2.02. The molecule has 6 nitrogen and oxygen atoms in total. The van der Waals surface area contributed by atoms with Crippen LogP contribution in [0.15, 0.2) is 36.7 Å². The van der Waals surface area contributed by atoms with Gasteiger partial charge in [0.05, 0.1) is 13.5 Å². The molecular formula is C18H22N4O2. The van der Waals surface area contributed by atoms with Crippen LogP contribution in [0.5, 0.6) is 5.75 Å². The minimum absolute atomic E-state index is 0.0940. The third-order valence-corrected chi connectivity index (χ3v) is 4.12. The molecule has 1 aliphatic heterocycles. The Hall–Kier alpha value is -2.63. The smallest absolute Gasteiger partial charge is 0.229 e. The van der Waals surface area contributed by atoms with Crippen molar-refractivity contribution < 1.29 is 9.53 Å². The van der Waals surface area contributed by atoms with E-state index in [0.29, 0.717) is 12.2 Å². The first kappa shape index (κ1) is 16.2. The maximum Gasteiger partial charge on any atom is 0.229 e. The highest BCUT2D eigenvalue weighted by atomic mass is 16.5. The molecule has 24 heavy (non-hydrogen) atoms. The zero-order chi connectivity index (χ0) is 16.8. The van der Waals surface area contributed by atoms with Gasteiger partial charge in [-0.1, -0.05) is 12.1 Å². The van der Waals surface area contributed by atoms with Crippen LogP contribution in [0.1, 0.15) is 24.8 Å². The van der Waals surface area contributed by atoms with Crippen LogP contribution in [0, 0.1) is 0 Å². The first-order chi connectivity index (χ1) is 11.7. The Labute approximate surface area is 141 Å². The van der Waals surface area contributed by atoms with E-state index in [0.717, 1.165) is 30.2 Å². The third kappa shape index (κ3) is 4.22. The number of ether oxygens (including phenoxy) is 1. The standard InChI is InChI=1S/C18H22N4O2/c1-24-15-7-5-14(6-8-15)11-18(23)21-16-12-17(20-13-19-16)22-9-3-2-4-10-22/h5-8,12-13H,2-4,9-11H2,1H3,(H,19,20,21,23). The van der Waals surface area contributed by atoms with Crippen molar-refractivity contribution >= 4 is 17.5 Å². The number of rotatable bonds is 5. The van der Waals surface area contributed by atoms with Crippen LogP contribution < -0.4 is 15.0 Å². The number of benzene rings is 1. The lowest BCUT2D eigenvalue weighted by Gasteiger charge is -2.27. The topological polar surface area (TPSA) is 67.3 Å². The molecule has 6 heteroatoms. The first-order valence-corrected chi connectivity index (χ1v) is 8.24. The van der Waals surface area contributed by atoms with E-state index < -0.39 is 0 Å². The number of nitrogens with one attached hydrogen (secondary N) is 1. The molecule has 1 aromatic heterocycles. The molecule has 0 spiro atoms. The van der Waals surface area contributed by atoms with Crippen LogP contribution in [-0.4, -0.2) is 36.1 Å². The second-order valence-electron chi connectivity index (χ2n) is 5.88. The number of carbonyl (C=O) groups excluding carboxylic acids is 1. The van der Waals surface area contributed by atoms with Gasteiger partial charge >= 0.3 is 0 Å². The van der Waals surface area contributed by atoms with Gasteiger partial charge in [0.15, 0.2) is 0 Å². The summed E-state index contributed by atoms with van der Waals surface area (Å²) >= 11 is 0. The van der Waals surface area contributed by atoms with E-state index in [4.69, 9.17) is 4.74 Å². The second-order valence-corrected chi connectivity index (χ2v) is 5.88. The molecule has 1 amide bonds. The molecule has 1 saturated heterocycles. The zero-order valence-corrected chi connectivity index (χ0v) is 13.9. The summed E-state index contributed by atoms with van der Waals surface area (Å²) in [5.74, 6) is 2.11. The van der Waals surface area contributed by atoms with Gasteiger partial charge in [0.1, 0.15) is 23.7 Å². The SMILES string of the molecule is COc1ccc(CC(=O)Nc2cc(N3CCCCC3)ncn2)cc1. The van der Waals surface area contributed by atoms with Crippen LogP contribution in [0.25, 0.3) is 0 Å². The van der Waals surface area contributed by atoms with E-state index in [1.807, 2.05) is 30.3 Å². The van der Waals surface area contributed by atoms with Crippen molar-refractivity contribution in [3.63, 3.8) is 0 Å². The van der Waals surface area contributed by atoms with Crippen molar-refractivity contribution in [2.45, 2.75) is 25.7 Å². The quantitative estimate of drug-likeness (QED) is 0.915. The van der Waals surface area contributed by atoms with E-state index in [1.54, 1.807) is 7.11 Å². The molecule has 0 radical (unpaired) electrons. The fourth-order valence-electron chi connectivity index (χ4n) is 2.83. The second kappa shape index (κ2) is 7.77. The van der Waals surface area contributed by atoms with Crippen molar-refractivity contribution in [2.75, 3.05) is 30.4 Å². The van der Waals surface area contributed by atoms with Gasteiger partial charge < -0.3 is 15.0 Å². The number of anilines is 2. The Bertz CT molecular complexity index is 682. The number of carbonyl (C=O) groups is 1. The highest BCUT2D eigenvalue weighted by molar-refractivity contribution is 5.91. The monoisotopic (exact) mass is 326 g/mol. The lowest BCUT2D eigenvalue weighted by molar-refractivity contribution is -0.115. The van der Waals surface area contributed by atoms with E-state index in [2.05, 4.69) is 20.2 Å². The molecule has 0 saturated carbocycles. The minimum atomic E-state index is -0.0940. The number of nitrogens with zero attached hydrogens (tertiary/aromatic N) is 3. The van der Waals surface area contributed by atoms with Crippen LogP contribution >= 0.6 is 0 Å². The van der Waals surface area contributed by atoms with Gasteiger partial charge in [-0.25, -0.2) is 9.97 Å². The molecule has 2 aromatic rings. The van der Waals surface area contributed by atoms with Gasteiger partial charge in [0.2, 0.25) is 5.91 Å². The average Bonchev–Trinajstić information content (AvgIpc) is 2.63. The summed E-state index contributed by atoms with van der Waals surface area (Å²) in [4.78, 5) is 22.9. The van der Waals surface area contributed by atoms with Crippen molar-refractivity contribution in [1.82, 2.24) is 9.97 Å². The fourth-order valence-corrected chi connectivity index (χ4v) is 2.83. The van der Waals surface area contributed by atoms with Gasteiger partial charge in [-0.05, 0) is 37.0 Å². The van der Waals surface area contributed by atoms with Gasteiger partial charge in [-0.15, -0.1) is 0 Å². The normalized spacial score (nSPS) is 14.3. The van der Waals surface area contributed by atoms with Gasteiger partial charge in [-0.3, -0.25) is 4.79 Å². The number of hydrogen-bond donors (Lipinski definition) is 1. The molecule has 1 N–H and O–H groups in total. The maximum atomic E-state index is 12.2. The molecule has 0 unspecified atom stereocenters. The molecule has 1 fully saturated rings. The summed E-state index contributed by atoms with van der Waals surface area (Å²) in [7, 11) is 1.62. The van der Waals surface area contributed by atoms with E-state index >= 15 is 0 Å². The van der Waals surface area contributed by atoms with E-state index in [-0.39, 0.29) is 5.91 Å². The van der Waals surface area contributed by atoms with E-state index in [9.17, 15) is 4.79 Å². The molecule has 0 atom stereocenters. The number of methoxy groups -OCH3 is 1. The van der Waals surface area contributed by atoms with Crippen molar-refractivity contribution in [3.8, 4) is 5.75 Å². The predicted molar refractivity (Wildman–Crippen MR) is 93.4 cm³/mol. The fraction of sp³-hybridized carbons (Fsp3) is 0.389. The molecule has 0 bridgehead atoms. The summed E-state index contributed by atoms with van der Waals surface area (Å²) in [6, 6.07) is 9.32. The molecule has 126 valence electrons.